The maximum Gasteiger partial charge on any atom is 0.221 e. The summed E-state index contributed by atoms with van der Waals surface area (Å²) in [5.41, 5.74) is 0.527. The number of amides is 1. The summed E-state index contributed by atoms with van der Waals surface area (Å²) in [5, 5.41) is 6.65. The van der Waals surface area contributed by atoms with E-state index in [-0.39, 0.29) is 5.91 Å². The number of carbonyl (C=O) groups is 1. The molecule has 1 saturated carbocycles. The van der Waals surface area contributed by atoms with E-state index < -0.39 is 0 Å². The molecule has 0 spiro atoms. The van der Waals surface area contributed by atoms with Gasteiger partial charge in [0.05, 0.1) is 0 Å². The molecule has 3 heteroatoms. The zero-order valence-corrected chi connectivity index (χ0v) is 11.2. The van der Waals surface area contributed by atoms with Crippen molar-refractivity contribution in [1.82, 2.24) is 10.6 Å². The Balaban J connectivity index is 1.78. The normalized spacial score (nSPS) is 30.7. The molecule has 2 N–H and O–H groups in total. The highest BCUT2D eigenvalue weighted by Crippen LogP contribution is 2.35. The van der Waals surface area contributed by atoms with E-state index in [4.69, 9.17) is 0 Å². The molecule has 1 atom stereocenters. The van der Waals surface area contributed by atoms with Crippen LogP contribution in [-0.4, -0.2) is 24.5 Å². The smallest absolute Gasteiger partial charge is 0.221 e. The molecule has 17 heavy (non-hydrogen) atoms. The first-order valence-corrected chi connectivity index (χ1v) is 7.08. The van der Waals surface area contributed by atoms with Crippen molar-refractivity contribution in [3.8, 4) is 0 Å². The first kappa shape index (κ1) is 12.9. The molecular formula is C14H26N2O. The predicted octanol–water partition coefficient (Wildman–Crippen LogP) is 2.21. The molecule has 0 bridgehead atoms. The van der Waals surface area contributed by atoms with E-state index in [1.807, 2.05) is 0 Å². The number of carbonyl (C=O) groups excluding carboxylic acids is 1. The largest absolute Gasteiger partial charge is 0.356 e. The van der Waals surface area contributed by atoms with Gasteiger partial charge in [0.1, 0.15) is 0 Å². The summed E-state index contributed by atoms with van der Waals surface area (Å²) in [7, 11) is 0. The molecule has 1 heterocycles. The quantitative estimate of drug-likeness (QED) is 0.774. The van der Waals surface area contributed by atoms with Gasteiger partial charge in [-0.15, -0.1) is 0 Å². The number of nitrogens with one attached hydrogen (secondary N) is 2. The van der Waals surface area contributed by atoms with Gasteiger partial charge in [-0.1, -0.05) is 13.8 Å². The molecule has 2 aliphatic rings. The first-order valence-electron chi connectivity index (χ1n) is 7.08. The Kier molecular flexibility index (Phi) is 4.08. The van der Waals surface area contributed by atoms with Gasteiger partial charge in [-0.25, -0.2) is 0 Å². The minimum Gasteiger partial charge on any atom is -0.356 e. The number of hydrogen-bond donors (Lipinski definition) is 2. The number of hydrogen-bond acceptors (Lipinski definition) is 2. The van der Waals surface area contributed by atoms with Crippen molar-refractivity contribution < 1.29 is 4.79 Å². The Morgan fingerprint density at radius 3 is 2.59 bits per heavy atom. The van der Waals surface area contributed by atoms with E-state index in [1.165, 1.54) is 25.7 Å². The lowest BCUT2D eigenvalue weighted by atomic mass is 9.75. The minimum absolute atomic E-state index is 0.219. The summed E-state index contributed by atoms with van der Waals surface area (Å²) in [6, 6.07) is 1.04. The highest BCUT2D eigenvalue weighted by molar-refractivity contribution is 5.76. The third-order valence-corrected chi connectivity index (χ3v) is 4.29. The Bertz CT molecular complexity index is 265. The predicted molar refractivity (Wildman–Crippen MR) is 69.8 cm³/mol. The molecule has 0 aromatic carbocycles. The Labute approximate surface area is 105 Å². The topological polar surface area (TPSA) is 41.1 Å². The third kappa shape index (κ3) is 3.98. The molecule has 1 unspecified atom stereocenters. The zero-order chi connectivity index (χ0) is 12.3. The van der Waals surface area contributed by atoms with Crippen LogP contribution in [0.4, 0.5) is 0 Å². The highest BCUT2D eigenvalue weighted by Gasteiger charge is 2.28. The van der Waals surface area contributed by atoms with Crippen LogP contribution in [0, 0.1) is 5.41 Å². The summed E-state index contributed by atoms with van der Waals surface area (Å²) >= 11 is 0. The van der Waals surface area contributed by atoms with Gasteiger partial charge in [-0.2, -0.15) is 0 Å². The molecule has 1 aliphatic carbocycles. The molecule has 1 saturated heterocycles. The maximum absolute atomic E-state index is 11.5. The van der Waals surface area contributed by atoms with Gasteiger partial charge in [0.25, 0.3) is 0 Å². The average Bonchev–Trinajstić information content (AvgIpc) is 2.46. The summed E-state index contributed by atoms with van der Waals surface area (Å²) in [6.07, 6.45) is 8.07. The van der Waals surface area contributed by atoms with Crippen molar-refractivity contribution in [3.63, 3.8) is 0 Å². The van der Waals surface area contributed by atoms with Crippen LogP contribution in [0.5, 0.6) is 0 Å². The minimum atomic E-state index is 0.219. The zero-order valence-electron chi connectivity index (χ0n) is 11.2. The van der Waals surface area contributed by atoms with E-state index in [0.717, 1.165) is 19.4 Å². The molecule has 2 fully saturated rings. The second-order valence-electron chi connectivity index (χ2n) is 6.50. The standard InChI is InChI=1S/C14H26N2O/c1-14(2)7-5-11(6-8-14)16-12-4-3-9-15-13(17)10-12/h11-12,16H,3-10H2,1-2H3,(H,15,17). The monoisotopic (exact) mass is 238 g/mol. The van der Waals surface area contributed by atoms with Gasteiger partial charge in [-0.3, -0.25) is 4.79 Å². The van der Waals surface area contributed by atoms with Gasteiger partial charge >= 0.3 is 0 Å². The molecule has 1 amide bonds. The van der Waals surface area contributed by atoms with Crippen molar-refractivity contribution in [3.05, 3.63) is 0 Å². The number of rotatable bonds is 2. The first-order chi connectivity index (χ1) is 8.05. The van der Waals surface area contributed by atoms with Crippen molar-refractivity contribution in [2.45, 2.75) is 70.9 Å². The molecule has 0 aromatic rings. The Morgan fingerprint density at radius 2 is 1.88 bits per heavy atom. The second-order valence-corrected chi connectivity index (χ2v) is 6.50. The van der Waals surface area contributed by atoms with Crippen molar-refractivity contribution in [2.24, 2.45) is 5.41 Å². The van der Waals surface area contributed by atoms with Crippen LogP contribution in [0.15, 0.2) is 0 Å². The fraction of sp³-hybridized carbons (Fsp3) is 0.929. The van der Waals surface area contributed by atoms with Gasteiger partial charge in [0, 0.05) is 25.0 Å². The van der Waals surface area contributed by atoms with Gasteiger partial charge in [0.2, 0.25) is 5.91 Å². The summed E-state index contributed by atoms with van der Waals surface area (Å²) in [6.45, 7) is 5.58. The molecule has 98 valence electrons. The maximum atomic E-state index is 11.5. The highest BCUT2D eigenvalue weighted by atomic mass is 16.1. The lowest BCUT2D eigenvalue weighted by Crippen LogP contribution is -2.42. The van der Waals surface area contributed by atoms with E-state index in [1.54, 1.807) is 0 Å². The Morgan fingerprint density at radius 1 is 1.18 bits per heavy atom. The molecule has 3 nitrogen and oxygen atoms in total. The van der Waals surface area contributed by atoms with Gasteiger partial charge in [-0.05, 0) is 43.9 Å². The molecule has 0 radical (unpaired) electrons. The average molecular weight is 238 g/mol. The van der Waals surface area contributed by atoms with Crippen LogP contribution in [0.1, 0.15) is 58.8 Å². The lowest BCUT2D eigenvalue weighted by molar-refractivity contribution is -0.121. The lowest BCUT2D eigenvalue weighted by Gasteiger charge is -2.36. The van der Waals surface area contributed by atoms with Crippen LogP contribution in [0.25, 0.3) is 0 Å². The van der Waals surface area contributed by atoms with Crippen molar-refractivity contribution in [1.29, 1.82) is 0 Å². The third-order valence-electron chi connectivity index (χ3n) is 4.29. The summed E-state index contributed by atoms with van der Waals surface area (Å²) < 4.78 is 0. The van der Waals surface area contributed by atoms with E-state index in [9.17, 15) is 4.79 Å². The molecule has 0 aromatic heterocycles. The van der Waals surface area contributed by atoms with Crippen molar-refractivity contribution >= 4 is 5.91 Å². The second kappa shape index (κ2) is 5.38. The Hall–Kier alpha value is -0.570. The molecular weight excluding hydrogens is 212 g/mol. The van der Waals surface area contributed by atoms with Crippen molar-refractivity contribution in [2.75, 3.05) is 6.54 Å². The van der Waals surface area contributed by atoms with E-state index in [0.29, 0.717) is 23.9 Å². The fourth-order valence-corrected chi connectivity index (χ4v) is 3.02. The molecule has 2 rings (SSSR count). The molecule has 1 aliphatic heterocycles. The fourth-order valence-electron chi connectivity index (χ4n) is 3.02. The van der Waals surface area contributed by atoms with E-state index in [2.05, 4.69) is 24.5 Å². The summed E-state index contributed by atoms with van der Waals surface area (Å²) in [4.78, 5) is 11.5. The van der Waals surface area contributed by atoms with Crippen LogP contribution in [0.3, 0.4) is 0 Å². The van der Waals surface area contributed by atoms with E-state index >= 15 is 0 Å². The van der Waals surface area contributed by atoms with Crippen LogP contribution in [-0.2, 0) is 4.79 Å². The van der Waals surface area contributed by atoms with Crippen LogP contribution < -0.4 is 10.6 Å². The SMILES string of the molecule is CC1(C)CCC(NC2CCCNC(=O)C2)CC1. The van der Waals surface area contributed by atoms with Crippen LogP contribution >= 0.6 is 0 Å². The van der Waals surface area contributed by atoms with Crippen LogP contribution in [0.2, 0.25) is 0 Å². The van der Waals surface area contributed by atoms with Gasteiger partial charge < -0.3 is 10.6 Å². The summed E-state index contributed by atoms with van der Waals surface area (Å²) in [5.74, 6) is 0.219. The van der Waals surface area contributed by atoms with Gasteiger partial charge in [0.15, 0.2) is 0 Å².